The molecular formula is C27H27N5O4. The molecule has 9 heteroatoms. The molecule has 0 aliphatic carbocycles. The standard InChI is InChI=1S/C27H27N5O4/c1-5-14-28-27-30-17(2)21-11-13-24(33)32(25(21)31-27)20-9-7-19(8-10-20)26(34)29-16-18-6-12-22(35-3)23(15-18)36-4/h5-13,15H,1,14,16H2,2-4H3,(H,29,34)(H,28,30,31). The number of methoxy groups -OCH3 is 2. The lowest BCUT2D eigenvalue weighted by molar-refractivity contribution is 0.0951. The zero-order chi connectivity index (χ0) is 25.7. The van der Waals surface area contributed by atoms with Crippen LogP contribution in [0.1, 0.15) is 21.6 Å². The van der Waals surface area contributed by atoms with Gasteiger partial charge in [0.2, 0.25) is 5.95 Å². The summed E-state index contributed by atoms with van der Waals surface area (Å²) in [6.45, 7) is 6.37. The summed E-state index contributed by atoms with van der Waals surface area (Å²) in [7, 11) is 3.14. The number of aromatic nitrogens is 3. The average Bonchev–Trinajstić information content (AvgIpc) is 2.90. The highest BCUT2D eigenvalue weighted by atomic mass is 16.5. The van der Waals surface area contributed by atoms with E-state index < -0.39 is 0 Å². The maximum atomic E-state index is 12.8. The van der Waals surface area contributed by atoms with Crippen molar-refractivity contribution in [3.8, 4) is 17.2 Å². The molecule has 2 aromatic carbocycles. The molecule has 0 aliphatic rings. The van der Waals surface area contributed by atoms with Gasteiger partial charge in [0.25, 0.3) is 11.5 Å². The van der Waals surface area contributed by atoms with Crippen LogP contribution in [0.5, 0.6) is 11.5 Å². The molecule has 0 fully saturated rings. The van der Waals surface area contributed by atoms with Crippen LogP contribution < -0.4 is 25.7 Å². The molecule has 2 N–H and O–H groups in total. The molecule has 1 amide bonds. The number of anilines is 1. The van der Waals surface area contributed by atoms with Crippen LogP contribution in [-0.4, -0.2) is 41.2 Å². The van der Waals surface area contributed by atoms with Crippen LogP contribution in [0.25, 0.3) is 16.7 Å². The summed E-state index contributed by atoms with van der Waals surface area (Å²) in [4.78, 5) is 34.6. The quantitative estimate of drug-likeness (QED) is 0.349. The number of hydrogen-bond acceptors (Lipinski definition) is 7. The second-order valence-corrected chi connectivity index (χ2v) is 7.97. The second kappa shape index (κ2) is 10.7. The smallest absolute Gasteiger partial charge is 0.256 e. The Morgan fingerprint density at radius 2 is 1.78 bits per heavy atom. The molecule has 4 aromatic rings. The summed E-state index contributed by atoms with van der Waals surface area (Å²) < 4.78 is 12.1. The van der Waals surface area contributed by atoms with Crippen molar-refractivity contribution in [3.05, 3.63) is 94.4 Å². The molecule has 0 saturated carbocycles. The van der Waals surface area contributed by atoms with Crippen LogP contribution in [0.4, 0.5) is 5.95 Å². The number of rotatable bonds is 9. The van der Waals surface area contributed by atoms with E-state index in [0.717, 1.165) is 16.6 Å². The molecule has 2 aromatic heterocycles. The fourth-order valence-corrected chi connectivity index (χ4v) is 3.79. The van der Waals surface area contributed by atoms with Gasteiger partial charge in [-0.15, -0.1) is 6.58 Å². The Kier molecular flexibility index (Phi) is 7.29. The predicted molar refractivity (Wildman–Crippen MR) is 139 cm³/mol. The number of hydrogen-bond donors (Lipinski definition) is 2. The number of amides is 1. The summed E-state index contributed by atoms with van der Waals surface area (Å²) in [5, 5.41) is 6.72. The summed E-state index contributed by atoms with van der Waals surface area (Å²) in [6, 6.07) is 15.5. The van der Waals surface area contributed by atoms with E-state index in [1.54, 1.807) is 56.7 Å². The molecule has 0 bridgehead atoms. The van der Waals surface area contributed by atoms with E-state index in [4.69, 9.17) is 9.47 Å². The van der Waals surface area contributed by atoms with Crippen molar-refractivity contribution in [2.45, 2.75) is 13.5 Å². The first-order chi connectivity index (χ1) is 17.4. The molecular weight excluding hydrogens is 458 g/mol. The monoisotopic (exact) mass is 485 g/mol. The molecule has 9 nitrogen and oxygen atoms in total. The minimum atomic E-state index is -0.240. The number of nitrogens with zero attached hydrogens (tertiary/aromatic N) is 3. The van der Waals surface area contributed by atoms with Gasteiger partial charge in [0.05, 0.1) is 25.6 Å². The second-order valence-electron chi connectivity index (χ2n) is 7.97. The Morgan fingerprint density at radius 3 is 2.47 bits per heavy atom. The van der Waals surface area contributed by atoms with E-state index in [1.165, 1.54) is 10.6 Å². The van der Waals surface area contributed by atoms with Crippen molar-refractivity contribution in [3.63, 3.8) is 0 Å². The largest absolute Gasteiger partial charge is 0.493 e. The highest BCUT2D eigenvalue weighted by molar-refractivity contribution is 5.94. The van der Waals surface area contributed by atoms with E-state index in [1.807, 2.05) is 19.1 Å². The SMILES string of the molecule is C=CCNc1nc(C)c2ccc(=O)n(-c3ccc(C(=O)NCc4ccc(OC)c(OC)c4)cc3)c2n1. The number of pyridine rings is 1. The van der Waals surface area contributed by atoms with Crippen molar-refractivity contribution in [1.82, 2.24) is 19.9 Å². The minimum absolute atomic E-state index is 0.235. The lowest BCUT2D eigenvalue weighted by Crippen LogP contribution is -2.23. The predicted octanol–water partition coefficient (Wildman–Crippen LogP) is 3.63. The third kappa shape index (κ3) is 5.05. The molecule has 0 saturated heterocycles. The van der Waals surface area contributed by atoms with E-state index >= 15 is 0 Å². The van der Waals surface area contributed by atoms with Crippen molar-refractivity contribution >= 4 is 22.9 Å². The Bertz CT molecular complexity index is 1480. The van der Waals surface area contributed by atoms with Crippen molar-refractivity contribution < 1.29 is 14.3 Å². The highest BCUT2D eigenvalue weighted by Crippen LogP contribution is 2.27. The maximum Gasteiger partial charge on any atom is 0.256 e. The Morgan fingerprint density at radius 1 is 1.03 bits per heavy atom. The molecule has 0 radical (unpaired) electrons. The van der Waals surface area contributed by atoms with Gasteiger partial charge in [-0.1, -0.05) is 12.1 Å². The lowest BCUT2D eigenvalue weighted by atomic mass is 10.1. The molecule has 0 aliphatic heterocycles. The van der Waals surface area contributed by atoms with Gasteiger partial charge in [0.15, 0.2) is 17.1 Å². The van der Waals surface area contributed by atoms with E-state index in [9.17, 15) is 9.59 Å². The van der Waals surface area contributed by atoms with Crippen LogP contribution in [0.3, 0.4) is 0 Å². The van der Waals surface area contributed by atoms with E-state index in [2.05, 4.69) is 27.2 Å². The Hall–Kier alpha value is -4.66. The first-order valence-electron chi connectivity index (χ1n) is 11.3. The number of fused-ring (bicyclic) bond motifs is 1. The summed E-state index contributed by atoms with van der Waals surface area (Å²) in [6.07, 6.45) is 1.70. The lowest BCUT2D eigenvalue weighted by Gasteiger charge is -2.13. The molecule has 0 spiro atoms. The van der Waals surface area contributed by atoms with Crippen LogP contribution in [0.15, 0.2) is 72.0 Å². The van der Waals surface area contributed by atoms with Gasteiger partial charge in [-0.25, -0.2) is 4.98 Å². The minimum Gasteiger partial charge on any atom is -0.493 e. The highest BCUT2D eigenvalue weighted by Gasteiger charge is 2.13. The summed E-state index contributed by atoms with van der Waals surface area (Å²) in [5.41, 5.74) is 2.91. The summed E-state index contributed by atoms with van der Waals surface area (Å²) in [5.74, 6) is 1.38. The van der Waals surface area contributed by atoms with Gasteiger partial charge in [-0.05, 0) is 55.0 Å². The average molecular weight is 486 g/mol. The third-order valence-electron chi connectivity index (χ3n) is 5.63. The molecule has 4 rings (SSSR count). The van der Waals surface area contributed by atoms with Crippen LogP contribution in [-0.2, 0) is 6.54 Å². The van der Waals surface area contributed by atoms with Gasteiger partial charge in [-0.3, -0.25) is 14.2 Å². The van der Waals surface area contributed by atoms with Crippen LogP contribution in [0.2, 0.25) is 0 Å². The normalized spacial score (nSPS) is 10.6. The van der Waals surface area contributed by atoms with Gasteiger partial charge in [0, 0.05) is 30.1 Å². The number of ether oxygens (including phenoxy) is 2. The molecule has 0 atom stereocenters. The van der Waals surface area contributed by atoms with E-state index in [0.29, 0.717) is 47.4 Å². The van der Waals surface area contributed by atoms with Crippen molar-refractivity contribution in [2.24, 2.45) is 0 Å². The van der Waals surface area contributed by atoms with Crippen molar-refractivity contribution in [1.29, 1.82) is 0 Å². The number of aryl methyl sites for hydroxylation is 1. The van der Waals surface area contributed by atoms with Gasteiger partial charge in [0.1, 0.15) is 0 Å². The van der Waals surface area contributed by atoms with Gasteiger partial charge < -0.3 is 20.1 Å². The number of carbonyl (C=O) groups is 1. The van der Waals surface area contributed by atoms with Crippen LogP contribution >= 0.6 is 0 Å². The number of benzene rings is 2. The first kappa shape index (κ1) is 24.5. The number of nitrogens with one attached hydrogen (secondary N) is 2. The molecule has 0 unspecified atom stereocenters. The van der Waals surface area contributed by atoms with E-state index in [-0.39, 0.29) is 11.5 Å². The molecule has 2 heterocycles. The fraction of sp³-hybridized carbons (Fsp3) is 0.185. The Labute approximate surface area is 208 Å². The summed E-state index contributed by atoms with van der Waals surface area (Å²) >= 11 is 0. The topological polar surface area (TPSA) is 107 Å². The van der Waals surface area contributed by atoms with Gasteiger partial charge in [-0.2, -0.15) is 4.98 Å². The third-order valence-corrected chi connectivity index (χ3v) is 5.63. The fourth-order valence-electron chi connectivity index (χ4n) is 3.79. The zero-order valence-corrected chi connectivity index (χ0v) is 20.4. The van der Waals surface area contributed by atoms with Crippen LogP contribution in [0, 0.1) is 6.92 Å². The maximum absolute atomic E-state index is 12.8. The first-order valence-corrected chi connectivity index (χ1v) is 11.3. The Balaban J connectivity index is 1.58. The van der Waals surface area contributed by atoms with Gasteiger partial charge >= 0.3 is 0 Å². The van der Waals surface area contributed by atoms with Crippen molar-refractivity contribution in [2.75, 3.05) is 26.1 Å². The zero-order valence-electron chi connectivity index (χ0n) is 20.4. The molecule has 36 heavy (non-hydrogen) atoms. The number of carbonyl (C=O) groups excluding carboxylic acids is 1. The molecule has 184 valence electrons.